The molecule has 0 fully saturated rings. The Morgan fingerprint density at radius 3 is 2.71 bits per heavy atom. The summed E-state index contributed by atoms with van der Waals surface area (Å²) in [4.78, 5) is 13.8. The fourth-order valence-corrected chi connectivity index (χ4v) is 3.53. The number of amides is 1. The smallest absolute Gasteiger partial charge is 0.251 e. The van der Waals surface area contributed by atoms with Crippen molar-refractivity contribution in [3.8, 4) is 5.69 Å². The molecule has 6 nitrogen and oxygen atoms in total. The molecule has 3 aromatic rings. The van der Waals surface area contributed by atoms with Gasteiger partial charge in [0.2, 0.25) is 0 Å². The van der Waals surface area contributed by atoms with Crippen molar-refractivity contribution in [3.05, 3.63) is 58.0 Å². The number of thiophene rings is 1. The van der Waals surface area contributed by atoms with Crippen LogP contribution in [0.4, 0.5) is 0 Å². The van der Waals surface area contributed by atoms with Crippen LogP contribution in [0.25, 0.3) is 5.69 Å². The van der Waals surface area contributed by atoms with Crippen molar-refractivity contribution in [1.29, 1.82) is 0 Å². The summed E-state index contributed by atoms with van der Waals surface area (Å²) >= 11 is 1.66. The summed E-state index contributed by atoms with van der Waals surface area (Å²) in [5.74, 6) is 0.239. The van der Waals surface area contributed by atoms with E-state index in [0.717, 1.165) is 11.3 Å². The molecule has 0 aliphatic rings. The van der Waals surface area contributed by atoms with E-state index >= 15 is 0 Å². The van der Waals surface area contributed by atoms with Crippen LogP contribution in [0, 0.1) is 12.8 Å². The van der Waals surface area contributed by atoms with Crippen LogP contribution in [0.3, 0.4) is 0 Å². The lowest BCUT2D eigenvalue weighted by atomic mass is 10.0. The van der Waals surface area contributed by atoms with Crippen molar-refractivity contribution in [2.75, 3.05) is 0 Å². The number of nitrogens with zero attached hydrogens (tertiary/aromatic N) is 4. The Hall–Kier alpha value is -2.54. The van der Waals surface area contributed by atoms with Crippen LogP contribution in [0.5, 0.6) is 0 Å². The Labute approximate surface area is 144 Å². The van der Waals surface area contributed by atoms with Gasteiger partial charge in [-0.2, -0.15) is 0 Å². The van der Waals surface area contributed by atoms with E-state index in [4.69, 9.17) is 0 Å². The van der Waals surface area contributed by atoms with Gasteiger partial charge in [0, 0.05) is 10.4 Å². The van der Waals surface area contributed by atoms with Gasteiger partial charge in [-0.25, -0.2) is 4.68 Å². The molecule has 0 radical (unpaired) electrons. The summed E-state index contributed by atoms with van der Waals surface area (Å²) in [5, 5.41) is 16.3. The van der Waals surface area contributed by atoms with E-state index in [9.17, 15) is 4.79 Å². The molecule has 1 N–H and O–H groups in total. The second-order valence-electron chi connectivity index (χ2n) is 5.97. The Morgan fingerprint density at radius 2 is 2.12 bits per heavy atom. The molecular formula is C17H19N5OS. The minimum Gasteiger partial charge on any atom is -0.344 e. The first kappa shape index (κ1) is 16.3. The number of aryl methyl sites for hydroxylation is 1. The van der Waals surface area contributed by atoms with Gasteiger partial charge in [0.25, 0.3) is 5.91 Å². The Morgan fingerprint density at radius 1 is 1.29 bits per heavy atom. The van der Waals surface area contributed by atoms with E-state index in [2.05, 4.69) is 40.8 Å². The number of rotatable bonds is 5. The molecule has 24 heavy (non-hydrogen) atoms. The molecule has 0 spiro atoms. The summed E-state index contributed by atoms with van der Waals surface area (Å²) in [6.45, 7) is 6.15. The van der Waals surface area contributed by atoms with Gasteiger partial charge in [0.15, 0.2) is 0 Å². The second-order valence-corrected chi connectivity index (χ2v) is 6.95. The first-order valence-electron chi connectivity index (χ1n) is 7.74. The molecule has 0 aliphatic carbocycles. The predicted molar refractivity (Wildman–Crippen MR) is 93.3 cm³/mol. The molecule has 3 rings (SSSR count). The molecule has 0 saturated heterocycles. The van der Waals surface area contributed by atoms with Crippen LogP contribution >= 0.6 is 11.3 Å². The fraction of sp³-hybridized carbons (Fsp3) is 0.294. The van der Waals surface area contributed by atoms with Gasteiger partial charge < -0.3 is 5.32 Å². The van der Waals surface area contributed by atoms with E-state index in [0.29, 0.717) is 11.5 Å². The Bertz CT molecular complexity index is 812. The molecule has 7 heteroatoms. The summed E-state index contributed by atoms with van der Waals surface area (Å²) in [5.41, 5.74) is 2.42. The highest BCUT2D eigenvalue weighted by atomic mass is 32.1. The molecule has 1 amide bonds. The highest BCUT2D eigenvalue weighted by Gasteiger charge is 2.20. The predicted octanol–water partition coefficient (Wildman–Crippen LogP) is 3.16. The number of hydrogen-bond donors (Lipinski definition) is 1. The zero-order valence-electron chi connectivity index (χ0n) is 13.8. The summed E-state index contributed by atoms with van der Waals surface area (Å²) in [6, 6.07) is 9.59. The fourth-order valence-electron chi connectivity index (χ4n) is 2.58. The molecular weight excluding hydrogens is 322 g/mol. The van der Waals surface area contributed by atoms with Gasteiger partial charge in [-0.3, -0.25) is 4.79 Å². The average Bonchev–Trinajstić information content (AvgIpc) is 3.25. The van der Waals surface area contributed by atoms with E-state index in [1.54, 1.807) is 22.1 Å². The van der Waals surface area contributed by atoms with E-state index < -0.39 is 0 Å². The summed E-state index contributed by atoms with van der Waals surface area (Å²) in [7, 11) is 0. The van der Waals surface area contributed by atoms with Gasteiger partial charge >= 0.3 is 0 Å². The molecule has 0 unspecified atom stereocenters. The highest BCUT2D eigenvalue weighted by molar-refractivity contribution is 7.10. The first-order valence-corrected chi connectivity index (χ1v) is 8.62. The van der Waals surface area contributed by atoms with Gasteiger partial charge in [0.05, 0.1) is 11.7 Å². The standard InChI is InChI=1S/C17H19N5OS/c1-11(2)16(15-5-4-8-24-15)19-17(23)13-6-7-14(12(3)9-13)22-10-18-20-21-22/h4-11,16H,1-3H3,(H,19,23)/t16-/m0/s1. The van der Waals surface area contributed by atoms with Gasteiger partial charge in [-0.15, -0.1) is 16.4 Å². The largest absolute Gasteiger partial charge is 0.344 e. The van der Waals surface area contributed by atoms with Crippen molar-refractivity contribution >= 4 is 17.2 Å². The number of carbonyl (C=O) groups is 1. The number of carbonyl (C=O) groups excluding carboxylic acids is 1. The van der Waals surface area contributed by atoms with Crippen LogP contribution in [-0.4, -0.2) is 26.1 Å². The van der Waals surface area contributed by atoms with Crippen molar-refractivity contribution < 1.29 is 4.79 Å². The molecule has 0 aliphatic heterocycles. The van der Waals surface area contributed by atoms with Crippen LogP contribution in [0.15, 0.2) is 42.0 Å². The third kappa shape index (κ3) is 3.35. The maximum absolute atomic E-state index is 12.7. The quantitative estimate of drug-likeness (QED) is 0.774. The Balaban J connectivity index is 1.81. The molecule has 2 heterocycles. The zero-order valence-corrected chi connectivity index (χ0v) is 14.6. The zero-order chi connectivity index (χ0) is 17.1. The monoisotopic (exact) mass is 341 g/mol. The van der Waals surface area contributed by atoms with Crippen molar-refractivity contribution in [2.45, 2.75) is 26.8 Å². The number of tetrazole rings is 1. The lowest BCUT2D eigenvalue weighted by Crippen LogP contribution is -2.31. The summed E-state index contributed by atoms with van der Waals surface area (Å²) in [6.07, 6.45) is 1.54. The lowest BCUT2D eigenvalue weighted by Gasteiger charge is -2.21. The van der Waals surface area contributed by atoms with Crippen LogP contribution < -0.4 is 5.32 Å². The van der Waals surface area contributed by atoms with Gasteiger partial charge in [-0.1, -0.05) is 19.9 Å². The maximum atomic E-state index is 12.7. The summed E-state index contributed by atoms with van der Waals surface area (Å²) < 4.78 is 1.58. The van der Waals surface area contributed by atoms with Gasteiger partial charge in [0.1, 0.15) is 6.33 Å². The molecule has 2 aromatic heterocycles. The van der Waals surface area contributed by atoms with Crippen LogP contribution in [-0.2, 0) is 0 Å². The molecule has 0 saturated carbocycles. The van der Waals surface area contributed by atoms with Crippen LogP contribution in [0.2, 0.25) is 0 Å². The first-order chi connectivity index (χ1) is 11.6. The van der Waals surface area contributed by atoms with E-state index in [1.807, 2.05) is 30.5 Å². The second kappa shape index (κ2) is 6.92. The van der Waals surface area contributed by atoms with Gasteiger partial charge in [-0.05, 0) is 58.5 Å². The van der Waals surface area contributed by atoms with Crippen molar-refractivity contribution in [1.82, 2.24) is 25.5 Å². The average molecular weight is 341 g/mol. The molecule has 1 atom stereocenters. The number of aromatic nitrogens is 4. The number of nitrogens with one attached hydrogen (secondary N) is 1. The molecule has 1 aromatic carbocycles. The highest BCUT2D eigenvalue weighted by Crippen LogP contribution is 2.26. The van der Waals surface area contributed by atoms with Crippen molar-refractivity contribution in [3.63, 3.8) is 0 Å². The third-order valence-electron chi connectivity index (χ3n) is 3.86. The molecule has 0 bridgehead atoms. The SMILES string of the molecule is Cc1cc(C(=O)N[C@H](c2cccs2)C(C)C)ccc1-n1cnnn1. The lowest BCUT2D eigenvalue weighted by molar-refractivity contribution is 0.0926. The third-order valence-corrected chi connectivity index (χ3v) is 4.81. The molecule has 124 valence electrons. The van der Waals surface area contributed by atoms with E-state index in [-0.39, 0.29) is 11.9 Å². The minimum absolute atomic E-state index is 0.0111. The Kier molecular flexibility index (Phi) is 4.71. The maximum Gasteiger partial charge on any atom is 0.251 e. The topological polar surface area (TPSA) is 72.7 Å². The van der Waals surface area contributed by atoms with Crippen LogP contribution in [0.1, 0.15) is 40.7 Å². The normalized spacial score (nSPS) is 12.3. The number of hydrogen-bond acceptors (Lipinski definition) is 5. The number of benzene rings is 1. The van der Waals surface area contributed by atoms with E-state index in [1.165, 1.54) is 11.2 Å². The van der Waals surface area contributed by atoms with Crippen molar-refractivity contribution in [2.24, 2.45) is 5.92 Å². The minimum atomic E-state index is -0.0755.